The van der Waals surface area contributed by atoms with E-state index in [9.17, 15) is 14.7 Å². The van der Waals surface area contributed by atoms with Gasteiger partial charge in [0.1, 0.15) is 11.4 Å². The van der Waals surface area contributed by atoms with Crippen LogP contribution in [0.5, 0.6) is 5.75 Å². The molecule has 0 aromatic heterocycles. The lowest BCUT2D eigenvalue weighted by atomic mass is 9.93. The number of nitrogens with one attached hydrogen (secondary N) is 1. The average molecular weight is 334 g/mol. The van der Waals surface area contributed by atoms with Gasteiger partial charge in [0.2, 0.25) is 5.91 Å². The fraction of sp³-hybridized carbons (Fsp3) is 0.556. The summed E-state index contributed by atoms with van der Waals surface area (Å²) in [6.07, 6.45) is 1.64. The first-order valence-corrected chi connectivity index (χ1v) is 8.30. The standard InChI is InChI=1S/C18H26N2O4/c1-18(2,3)24-17(23)20-10-8-13(9-11-20)12-16(22)19-14-6-4-5-7-15(14)21/h4-7,13,21H,8-12H2,1-3H3,(H,19,22). The van der Waals surface area contributed by atoms with E-state index in [0.29, 0.717) is 25.2 Å². The maximum Gasteiger partial charge on any atom is 0.410 e. The van der Waals surface area contributed by atoms with Crippen LogP contribution in [0.1, 0.15) is 40.0 Å². The number of para-hydroxylation sites is 2. The molecular weight excluding hydrogens is 308 g/mol. The summed E-state index contributed by atoms with van der Waals surface area (Å²) in [5.41, 5.74) is -0.0698. The minimum atomic E-state index is -0.495. The van der Waals surface area contributed by atoms with Crippen LogP contribution in [0.4, 0.5) is 10.5 Å². The lowest BCUT2D eigenvalue weighted by molar-refractivity contribution is -0.117. The van der Waals surface area contributed by atoms with E-state index in [2.05, 4.69) is 5.32 Å². The molecular formula is C18H26N2O4. The Labute approximate surface area is 142 Å². The Morgan fingerprint density at radius 3 is 2.46 bits per heavy atom. The number of carbonyl (C=O) groups is 2. The van der Waals surface area contributed by atoms with Gasteiger partial charge in [-0.2, -0.15) is 0 Å². The Bertz CT molecular complexity index is 587. The summed E-state index contributed by atoms with van der Waals surface area (Å²) in [7, 11) is 0. The van der Waals surface area contributed by atoms with Gasteiger partial charge in [-0.1, -0.05) is 12.1 Å². The lowest BCUT2D eigenvalue weighted by Gasteiger charge is -2.33. The van der Waals surface area contributed by atoms with Gasteiger partial charge in [0.05, 0.1) is 5.69 Å². The van der Waals surface area contributed by atoms with E-state index in [4.69, 9.17) is 4.74 Å². The van der Waals surface area contributed by atoms with E-state index in [-0.39, 0.29) is 23.7 Å². The van der Waals surface area contributed by atoms with Gasteiger partial charge in [-0.15, -0.1) is 0 Å². The number of likely N-dealkylation sites (tertiary alicyclic amines) is 1. The van der Waals surface area contributed by atoms with Crippen LogP contribution in [0.15, 0.2) is 24.3 Å². The molecule has 132 valence electrons. The van der Waals surface area contributed by atoms with E-state index in [0.717, 1.165) is 12.8 Å². The second-order valence-corrected chi connectivity index (χ2v) is 7.18. The number of benzene rings is 1. The third-order valence-corrected chi connectivity index (χ3v) is 3.92. The predicted octanol–water partition coefficient (Wildman–Crippen LogP) is 3.37. The molecule has 1 aromatic carbocycles. The Balaban J connectivity index is 1.77. The van der Waals surface area contributed by atoms with Crippen molar-refractivity contribution in [1.29, 1.82) is 0 Å². The zero-order valence-corrected chi connectivity index (χ0v) is 14.5. The summed E-state index contributed by atoms with van der Waals surface area (Å²) < 4.78 is 5.37. The van der Waals surface area contributed by atoms with Crippen molar-refractivity contribution in [2.75, 3.05) is 18.4 Å². The number of phenols is 1. The molecule has 2 N–H and O–H groups in total. The van der Waals surface area contributed by atoms with Crippen LogP contribution in [0.25, 0.3) is 0 Å². The molecule has 0 radical (unpaired) electrons. The summed E-state index contributed by atoms with van der Waals surface area (Å²) >= 11 is 0. The highest BCUT2D eigenvalue weighted by Crippen LogP contribution is 2.25. The highest BCUT2D eigenvalue weighted by Gasteiger charge is 2.27. The molecule has 1 aliphatic heterocycles. The maximum atomic E-state index is 12.1. The van der Waals surface area contributed by atoms with Crippen LogP contribution >= 0.6 is 0 Å². The van der Waals surface area contributed by atoms with E-state index in [1.165, 1.54) is 6.07 Å². The molecule has 0 saturated carbocycles. The zero-order chi connectivity index (χ0) is 17.7. The average Bonchev–Trinajstić information content (AvgIpc) is 2.48. The van der Waals surface area contributed by atoms with Gasteiger partial charge in [-0.05, 0) is 51.7 Å². The third-order valence-electron chi connectivity index (χ3n) is 3.92. The summed E-state index contributed by atoms with van der Waals surface area (Å²) in [6.45, 7) is 6.75. The van der Waals surface area contributed by atoms with Crippen molar-refractivity contribution in [3.8, 4) is 5.75 Å². The van der Waals surface area contributed by atoms with Crippen LogP contribution in [-0.2, 0) is 9.53 Å². The maximum absolute atomic E-state index is 12.1. The summed E-state index contributed by atoms with van der Waals surface area (Å²) in [5, 5.41) is 12.4. The van der Waals surface area contributed by atoms with Crippen molar-refractivity contribution in [2.45, 2.75) is 45.6 Å². The fourth-order valence-electron chi connectivity index (χ4n) is 2.69. The first-order valence-electron chi connectivity index (χ1n) is 8.30. The zero-order valence-electron chi connectivity index (χ0n) is 14.5. The molecule has 1 aliphatic rings. The molecule has 0 bridgehead atoms. The van der Waals surface area contributed by atoms with Gasteiger partial charge in [0.25, 0.3) is 0 Å². The van der Waals surface area contributed by atoms with Gasteiger partial charge < -0.3 is 20.1 Å². The van der Waals surface area contributed by atoms with Crippen molar-refractivity contribution < 1.29 is 19.4 Å². The molecule has 6 nitrogen and oxygen atoms in total. The van der Waals surface area contributed by atoms with Crippen LogP contribution in [0.3, 0.4) is 0 Å². The Morgan fingerprint density at radius 2 is 1.88 bits per heavy atom. The van der Waals surface area contributed by atoms with Crippen LogP contribution in [-0.4, -0.2) is 40.7 Å². The summed E-state index contributed by atoms with van der Waals surface area (Å²) in [4.78, 5) is 25.8. The lowest BCUT2D eigenvalue weighted by Crippen LogP contribution is -2.42. The number of rotatable bonds is 3. The molecule has 0 atom stereocenters. The number of amides is 2. The molecule has 1 saturated heterocycles. The number of aromatic hydroxyl groups is 1. The Hall–Kier alpha value is -2.24. The molecule has 0 unspecified atom stereocenters. The number of hydrogen-bond acceptors (Lipinski definition) is 4. The van der Waals surface area contributed by atoms with Gasteiger partial charge >= 0.3 is 6.09 Å². The van der Waals surface area contributed by atoms with Gasteiger partial charge in [0.15, 0.2) is 0 Å². The van der Waals surface area contributed by atoms with Crippen molar-refractivity contribution in [3.63, 3.8) is 0 Å². The number of nitrogens with zero attached hydrogens (tertiary/aromatic N) is 1. The largest absolute Gasteiger partial charge is 0.506 e. The second-order valence-electron chi connectivity index (χ2n) is 7.18. The van der Waals surface area contributed by atoms with Crippen molar-refractivity contribution in [2.24, 2.45) is 5.92 Å². The molecule has 6 heteroatoms. The van der Waals surface area contributed by atoms with E-state index in [1.54, 1.807) is 23.1 Å². The molecule has 2 amide bonds. The minimum absolute atomic E-state index is 0.0607. The Kier molecular flexibility index (Phi) is 5.70. The van der Waals surface area contributed by atoms with Crippen LogP contribution in [0.2, 0.25) is 0 Å². The quantitative estimate of drug-likeness (QED) is 0.831. The van der Waals surface area contributed by atoms with Crippen LogP contribution in [0, 0.1) is 5.92 Å². The van der Waals surface area contributed by atoms with Crippen LogP contribution < -0.4 is 5.32 Å². The molecule has 0 spiro atoms. The van der Waals surface area contributed by atoms with Crippen molar-refractivity contribution in [3.05, 3.63) is 24.3 Å². The normalized spacial score (nSPS) is 15.9. The number of hydrogen-bond donors (Lipinski definition) is 2. The molecule has 0 aliphatic carbocycles. The number of ether oxygens (including phenoxy) is 1. The first-order chi connectivity index (χ1) is 11.2. The number of phenolic OH excluding ortho intramolecular Hbond substituents is 1. The fourth-order valence-corrected chi connectivity index (χ4v) is 2.69. The van der Waals surface area contributed by atoms with E-state index < -0.39 is 5.60 Å². The first kappa shape index (κ1) is 18.1. The molecule has 1 heterocycles. The van der Waals surface area contributed by atoms with Crippen molar-refractivity contribution >= 4 is 17.7 Å². The highest BCUT2D eigenvalue weighted by atomic mass is 16.6. The third kappa shape index (κ3) is 5.44. The Morgan fingerprint density at radius 1 is 1.25 bits per heavy atom. The molecule has 1 aromatic rings. The number of anilines is 1. The number of carbonyl (C=O) groups excluding carboxylic acids is 2. The molecule has 2 rings (SSSR count). The van der Waals surface area contributed by atoms with Gasteiger partial charge in [-0.3, -0.25) is 4.79 Å². The van der Waals surface area contributed by atoms with E-state index in [1.807, 2.05) is 20.8 Å². The smallest absolute Gasteiger partial charge is 0.410 e. The van der Waals surface area contributed by atoms with Crippen molar-refractivity contribution in [1.82, 2.24) is 4.90 Å². The minimum Gasteiger partial charge on any atom is -0.506 e. The molecule has 24 heavy (non-hydrogen) atoms. The predicted molar refractivity (Wildman–Crippen MR) is 91.9 cm³/mol. The SMILES string of the molecule is CC(C)(C)OC(=O)N1CCC(CC(=O)Nc2ccccc2O)CC1. The number of piperidine rings is 1. The highest BCUT2D eigenvalue weighted by molar-refractivity contribution is 5.92. The second kappa shape index (κ2) is 7.55. The summed E-state index contributed by atoms with van der Waals surface area (Å²) in [6, 6.07) is 6.67. The monoisotopic (exact) mass is 334 g/mol. The summed E-state index contributed by atoms with van der Waals surface area (Å²) in [5.74, 6) is 0.173. The van der Waals surface area contributed by atoms with Gasteiger partial charge in [0, 0.05) is 19.5 Å². The van der Waals surface area contributed by atoms with Gasteiger partial charge in [-0.25, -0.2) is 4.79 Å². The van der Waals surface area contributed by atoms with E-state index >= 15 is 0 Å². The molecule has 1 fully saturated rings. The topological polar surface area (TPSA) is 78.9 Å².